The van der Waals surface area contributed by atoms with E-state index >= 15 is 0 Å². The zero-order chi connectivity index (χ0) is 13.4. The third-order valence-electron chi connectivity index (χ3n) is 1.94. The molecule has 0 saturated heterocycles. The molecule has 1 rings (SSSR count). The average molecular weight is 266 g/mol. The van der Waals surface area contributed by atoms with Crippen LogP contribution in [0.4, 0.5) is 0 Å². The van der Waals surface area contributed by atoms with Gasteiger partial charge in [-0.15, -0.1) is 0 Å². The SMILES string of the molecule is CCOC(=O)/C=C/COc1cc(Cl)ccc1C#N. The van der Waals surface area contributed by atoms with Crippen molar-refractivity contribution < 1.29 is 14.3 Å². The Labute approximate surface area is 110 Å². The van der Waals surface area contributed by atoms with Gasteiger partial charge in [0.1, 0.15) is 18.4 Å². The van der Waals surface area contributed by atoms with E-state index in [4.69, 9.17) is 26.3 Å². The van der Waals surface area contributed by atoms with Crippen LogP contribution in [0.5, 0.6) is 5.75 Å². The maximum Gasteiger partial charge on any atom is 0.330 e. The molecule has 0 N–H and O–H groups in total. The zero-order valence-electron chi connectivity index (χ0n) is 9.85. The van der Waals surface area contributed by atoms with Crippen LogP contribution in [0.25, 0.3) is 0 Å². The van der Waals surface area contributed by atoms with E-state index < -0.39 is 5.97 Å². The Morgan fingerprint density at radius 1 is 1.56 bits per heavy atom. The molecule has 0 atom stereocenters. The number of halogens is 1. The molecule has 94 valence electrons. The summed E-state index contributed by atoms with van der Waals surface area (Å²) >= 11 is 5.80. The van der Waals surface area contributed by atoms with Crippen LogP contribution in [0.2, 0.25) is 5.02 Å². The molecule has 5 heteroatoms. The molecule has 0 aliphatic heterocycles. The van der Waals surface area contributed by atoms with Crippen LogP contribution in [0.15, 0.2) is 30.4 Å². The standard InChI is InChI=1S/C13H12ClNO3/c1-2-17-13(16)4-3-7-18-12-8-11(14)6-5-10(12)9-15/h3-6,8H,2,7H2,1H3/b4-3+. The van der Waals surface area contributed by atoms with Crippen LogP contribution in [-0.2, 0) is 9.53 Å². The molecule has 4 nitrogen and oxygen atoms in total. The lowest BCUT2D eigenvalue weighted by atomic mass is 10.2. The molecule has 1 aromatic rings. The lowest BCUT2D eigenvalue weighted by molar-refractivity contribution is -0.137. The molecule has 18 heavy (non-hydrogen) atoms. The first-order valence-electron chi connectivity index (χ1n) is 5.33. The van der Waals surface area contributed by atoms with Gasteiger partial charge in [0.15, 0.2) is 0 Å². The maximum absolute atomic E-state index is 11.0. The monoisotopic (exact) mass is 265 g/mol. The van der Waals surface area contributed by atoms with E-state index in [1.54, 1.807) is 25.1 Å². The molecule has 0 radical (unpaired) electrons. The Morgan fingerprint density at radius 3 is 3.00 bits per heavy atom. The molecule has 0 aliphatic rings. The highest BCUT2D eigenvalue weighted by molar-refractivity contribution is 6.30. The van der Waals surface area contributed by atoms with Gasteiger partial charge in [-0.05, 0) is 25.1 Å². The van der Waals surface area contributed by atoms with Gasteiger partial charge < -0.3 is 9.47 Å². The second-order valence-electron chi connectivity index (χ2n) is 3.22. The van der Waals surface area contributed by atoms with Crippen molar-refractivity contribution in [1.82, 2.24) is 0 Å². The van der Waals surface area contributed by atoms with Crippen molar-refractivity contribution in [2.45, 2.75) is 6.92 Å². The second-order valence-corrected chi connectivity index (χ2v) is 3.65. The number of rotatable bonds is 5. The molecule has 0 spiro atoms. The summed E-state index contributed by atoms with van der Waals surface area (Å²) in [4.78, 5) is 11.0. The first-order valence-corrected chi connectivity index (χ1v) is 5.71. The fourth-order valence-corrected chi connectivity index (χ4v) is 1.34. The molecule has 0 amide bonds. The van der Waals surface area contributed by atoms with E-state index in [1.807, 2.05) is 6.07 Å². The van der Waals surface area contributed by atoms with Crippen LogP contribution in [-0.4, -0.2) is 19.2 Å². The smallest absolute Gasteiger partial charge is 0.330 e. The molecule has 0 saturated carbocycles. The Bertz CT molecular complexity index is 491. The van der Waals surface area contributed by atoms with E-state index in [1.165, 1.54) is 12.2 Å². The van der Waals surface area contributed by atoms with Gasteiger partial charge in [0.25, 0.3) is 0 Å². The number of nitrogens with zero attached hydrogens (tertiary/aromatic N) is 1. The minimum absolute atomic E-state index is 0.161. The number of hydrogen-bond donors (Lipinski definition) is 0. The summed E-state index contributed by atoms with van der Waals surface area (Å²) in [7, 11) is 0. The number of esters is 1. The van der Waals surface area contributed by atoms with Gasteiger partial charge in [-0.1, -0.05) is 11.6 Å². The Balaban J connectivity index is 2.56. The van der Waals surface area contributed by atoms with Crippen LogP contribution in [0.3, 0.4) is 0 Å². The van der Waals surface area contributed by atoms with Crippen LogP contribution in [0, 0.1) is 11.3 Å². The summed E-state index contributed by atoms with van der Waals surface area (Å²) in [6.07, 6.45) is 2.79. The molecule has 0 bridgehead atoms. The van der Waals surface area contributed by atoms with Crippen molar-refractivity contribution in [2.75, 3.05) is 13.2 Å². The van der Waals surface area contributed by atoms with Gasteiger partial charge in [-0.25, -0.2) is 4.79 Å². The predicted molar refractivity (Wildman–Crippen MR) is 67.4 cm³/mol. The van der Waals surface area contributed by atoms with Gasteiger partial charge in [-0.2, -0.15) is 5.26 Å². The number of ether oxygens (including phenoxy) is 2. The van der Waals surface area contributed by atoms with Gasteiger partial charge in [0.2, 0.25) is 0 Å². The molecular weight excluding hydrogens is 254 g/mol. The minimum Gasteiger partial charge on any atom is -0.488 e. The first-order chi connectivity index (χ1) is 8.67. The largest absolute Gasteiger partial charge is 0.488 e. The van der Waals surface area contributed by atoms with Crippen molar-refractivity contribution in [2.24, 2.45) is 0 Å². The highest BCUT2D eigenvalue weighted by Crippen LogP contribution is 2.22. The lowest BCUT2D eigenvalue weighted by Crippen LogP contribution is -2.01. The fraction of sp³-hybridized carbons (Fsp3) is 0.231. The maximum atomic E-state index is 11.0. The molecule has 0 unspecified atom stereocenters. The van der Waals surface area contributed by atoms with Gasteiger partial charge in [0.05, 0.1) is 12.2 Å². The molecule has 0 heterocycles. The van der Waals surface area contributed by atoms with Crippen molar-refractivity contribution in [3.05, 3.63) is 40.9 Å². The number of nitriles is 1. The van der Waals surface area contributed by atoms with E-state index in [0.29, 0.717) is 22.9 Å². The van der Waals surface area contributed by atoms with Crippen LogP contribution in [0.1, 0.15) is 12.5 Å². The van der Waals surface area contributed by atoms with E-state index in [2.05, 4.69) is 0 Å². The Kier molecular flexibility index (Phi) is 5.75. The predicted octanol–water partition coefficient (Wildman–Crippen LogP) is 2.71. The summed E-state index contributed by atoms with van der Waals surface area (Å²) in [6, 6.07) is 6.74. The van der Waals surface area contributed by atoms with Crippen molar-refractivity contribution in [3.8, 4) is 11.8 Å². The second kappa shape index (κ2) is 7.36. The molecule has 1 aromatic carbocycles. The van der Waals surface area contributed by atoms with E-state index in [0.717, 1.165) is 0 Å². The van der Waals surface area contributed by atoms with Crippen molar-refractivity contribution in [3.63, 3.8) is 0 Å². The molecule has 0 aliphatic carbocycles. The van der Waals surface area contributed by atoms with Crippen molar-refractivity contribution in [1.29, 1.82) is 5.26 Å². The van der Waals surface area contributed by atoms with Crippen molar-refractivity contribution >= 4 is 17.6 Å². The highest BCUT2D eigenvalue weighted by atomic mass is 35.5. The average Bonchev–Trinajstić information content (AvgIpc) is 2.35. The van der Waals surface area contributed by atoms with E-state index in [-0.39, 0.29) is 6.61 Å². The quantitative estimate of drug-likeness (QED) is 0.607. The van der Waals surface area contributed by atoms with Gasteiger partial charge >= 0.3 is 5.97 Å². The number of carbonyl (C=O) groups excluding carboxylic acids is 1. The number of carbonyl (C=O) groups is 1. The molecule has 0 aromatic heterocycles. The summed E-state index contributed by atoms with van der Waals surface area (Å²) in [6.45, 7) is 2.22. The zero-order valence-corrected chi connectivity index (χ0v) is 10.6. The minimum atomic E-state index is -0.423. The Hall–Kier alpha value is -1.99. The van der Waals surface area contributed by atoms with Gasteiger partial charge in [0, 0.05) is 17.2 Å². The third kappa shape index (κ3) is 4.48. The normalized spacial score (nSPS) is 10.1. The number of hydrogen-bond acceptors (Lipinski definition) is 4. The fourth-order valence-electron chi connectivity index (χ4n) is 1.18. The number of benzene rings is 1. The van der Waals surface area contributed by atoms with Crippen LogP contribution >= 0.6 is 11.6 Å². The van der Waals surface area contributed by atoms with Gasteiger partial charge in [-0.3, -0.25) is 0 Å². The molecular formula is C13H12ClNO3. The summed E-state index contributed by atoms with van der Waals surface area (Å²) in [5, 5.41) is 9.34. The lowest BCUT2D eigenvalue weighted by Gasteiger charge is -2.05. The van der Waals surface area contributed by atoms with E-state index in [9.17, 15) is 4.79 Å². The summed E-state index contributed by atoms with van der Waals surface area (Å²) in [5.41, 5.74) is 0.393. The highest BCUT2D eigenvalue weighted by Gasteiger charge is 2.03. The third-order valence-corrected chi connectivity index (χ3v) is 2.17. The topological polar surface area (TPSA) is 59.3 Å². The first kappa shape index (κ1) is 14.1. The Morgan fingerprint density at radius 2 is 2.33 bits per heavy atom. The van der Waals surface area contributed by atoms with Crippen LogP contribution < -0.4 is 4.74 Å². The summed E-state index contributed by atoms with van der Waals surface area (Å²) in [5.74, 6) is -0.0359. The summed E-state index contributed by atoms with van der Waals surface area (Å²) < 4.78 is 10.0. The molecule has 0 fully saturated rings.